The fourth-order valence-electron chi connectivity index (χ4n) is 3.11. The molecule has 2 rings (SSSR count). The van der Waals surface area contributed by atoms with Crippen LogP contribution in [-0.4, -0.2) is 26.1 Å². The van der Waals surface area contributed by atoms with Crippen molar-refractivity contribution in [1.82, 2.24) is 5.32 Å². The Morgan fingerprint density at radius 2 is 2.05 bits per heavy atom. The Bertz CT molecular complexity index is 454. The molecule has 1 fully saturated rings. The highest BCUT2D eigenvalue weighted by Gasteiger charge is 2.44. The smallest absolute Gasteiger partial charge is 0.230 e. The van der Waals surface area contributed by atoms with Gasteiger partial charge < -0.3 is 15.8 Å². The third-order valence-electron chi connectivity index (χ3n) is 4.18. The van der Waals surface area contributed by atoms with Crippen LogP contribution in [0, 0.1) is 0 Å². The summed E-state index contributed by atoms with van der Waals surface area (Å²) >= 11 is 0. The molecule has 0 aromatic heterocycles. The van der Waals surface area contributed by atoms with E-state index in [-0.39, 0.29) is 5.91 Å². The molecule has 110 valence electrons. The molecule has 1 saturated carbocycles. The molecular formula is C16H24N2O2. The molecule has 4 nitrogen and oxygen atoms in total. The van der Waals surface area contributed by atoms with Crippen molar-refractivity contribution in [3.8, 4) is 5.75 Å². The largest absolute Gasteiger partial charge is 0.496 e. The molecule has 0 spiro atoms. The molecule has 0 bridgehead atoms. The van der Waals surface area contributed by atoms with Crippen LogP contribution < -0.4 is 15.8 Å². The third kappa shape index (κ3) is 2.80. The first-order valence-electron chi connectivity index (χ1n) is 7.36. The van der Waals surface area contributed by atoms with Gasteiger partial charge in [-0.25, -0.2) is 0 Å². The van der Waals surface area contributed by atoms with Gasteiger partial charge in [-0.15, -0.1) is 0 Å². The molecule has 0 atom stereocenters. The number of nitrogens with one attached hydrogen (secondary N) is 1. The second-order valence-corrected chi connectivity index (χ2v) is 5.39. The zero-order valence-corrected chi connectivity index (χ0v) is 12.2. The number of hydrogen-bond acceptors (Lipinski definition) is 3. The van der Waals surface area contributed by atoms with Crippen LogP contribution in [-0.2, 0) is 10.2 Å². The predicted octanol–water partition coefficient (Wildman–Crippen LogP) is 1.97. The van der Waals surface area contributed by atoms with Crippen LogP contribution in [0.1, 0.15) is 37.7 Å². The van der Waals surface area contributed by atoms with Crippen molar-refractivity contribution in [2.45, 2.75) is 37.5 Å². The van der Waals surface area contributed by atoms with Crippen molar-refractivity contribution in [1.29, 1.82) is 0 Å². The summed E-state index contributed by atoms with van der Waals surface area (Å²) in [5.41, 5.74) is 6.08. The summed E-state index contributed by atoms with van der Waals surface area (Å²) < 4.78 is 5.46. The first kappa shape index (κ1) is 14.9. The van der Waals surface area contributed by atoms with Gasteiger partial charge in [0, 0.05) is 12.1 Å². The number of amides is 1. The van der Waals surface area contributed by atoms with E-state index in [1.165, 1.54) is 0 Å². The van der Waals surface area contributed by atoms with Crippen molar-refractivity contribution >= 4 is 5.91 Å². The molecule has 0 unspecified atom stereocenters. The van der Waals surface area contributed by atoms with E-state index in [2.05, 4.69) is 5.32 Å². The SMILES string of the molecule is COc1ccccc1C1(C(=O)NCCCN)CCCC1. The van der Waals surface area contributed by atoms with Crippen molar-refractivity contribution in [2.75, 3.05) is 20.2 Å². The molecule has 0 heterocycles. The molecular weight excluding hydrogens is 252 g/mol. The minimum absolute atomic E-state index is 0.118. The summed E-state index contributed by atoms with van der Waals surface area (Å²) in [6.45, 7) is 1.24. The Morgan fingerprint density at radius 3 is 2.70 bits per heavy atom. The van der Waals surface area contributed by atoms with Gasteiger partial charge in [0.25, 0.3) is 0 Å². The van der Waals surface area contributed by atoms with Crippen molar-refractivity contribution < 1.29 is 9.53 Å². The summed E-state index contributed by atoms with van der Waals surface area (Å²) in [5.74, 6) is 0.927. The molecule has 0 aliphatic heterocycles. The maximum Gasteiger partial charge on any atom is 0.230 e. The van der Waals surface area contributed by atoms with Gasteiger partial charge in [-0.2, -0.15) is 0 Å². The summed E-state index contributed by atoms with van der Waals surface area (Å²) in [6, 6.07) is 7.87. The van der Waals surface area contributed by atoms with Crippen LogP contribution in [0.4, 0.5) is 0 Å². The highest BCUT2D eigenvalue weighted by molar-refractivity contribution is 5.89. The van der Waals surface area contributed by atoms with Gasteiger partial charge >= 0.3 is 0 Å². The van der Waals surface area contributed by atoms with Crippen LogP contribution in [0.5, 0.6) is 5.75 Å². The Hall–Kier alpha value is -1.55. The number of ether oxygens (including phenoxy) is 1. The standard InChI is InChI=1S/C16H24N2O2/c1-20-14-8-3-2-7-13(14)16(9-4-5-10-16)15(19)18-12-6-11-17/h2-3,7-8H,4-6,9-12,17H2,1H3,(H,18,19). The molecule has 1 aliphatic carbocycles. The lowest BCUT2D eigenvalue weighted by Crippen LogP contribution is -2.43. The maximum absolute atomic E-state index is 12.7. The number of nitrogens with two attached hydrogens (primary N) is 1. The lowest BCUT2D eigenvalue weighted by atomic mass is 9.77. The summed E-state index contributed by atoms with van der Waals surface area (Å²) in [7, 11) is 1.66. The quantitative estimate of drug-likeness (QED) is 0.781. The molecule has 4 heteroatoms. The normalized spacial score (nSPS) is 16.9. The lowest BCUT2D eigenvalue weighted by Gasteiger charge is -2.29. The second kappa shape index (κ2) is 6.75. The topological polar surface area (TPSA) is 64.3 Å². The number of para-hydroxylation sites is 1. The number of hydrogen-bond donors (Lipinski definition) is 2. The molecule has 1 aromatic carbocycles. The average molecular weight is 276 g/mol. The van der Waals surface area contributed by atoms with E-state index in [9.17, 15) is 4.79 Å². The molecule has 1 aromatic rings. The number of benzene rings is 1. The van der Waals surface area contributed by atoms with Crippen LogP contribution in [0.15, 0.2) is 24.3 Å². The first-order chi connectivity index (χ1) is 9.74. The molecule has 1 aliphatic rings. The van der Waals surface area contributed by atoms with E-state index in [0.717, 1.165) is 43.4 Å². The maximum atomic E-state index is 12.7. The van der Waals surface area contributed by atoms with Gasteiger partial charge in [0.2, 0.25) is 5.91 Å². The fraction of sp³-hybridized carbons (Fsp3) is 0.562. The number of rotatable bonds is 6. The van der Waals surface area contributed by atoms with E-state index in [1.807, 2.05) is 24.3 Å². The van der Waals surface area contributed by atoms with E-state index >= 15 is 0 Å². The van der Waals surface area contributed by atoms with E-state index in [0.29, 0.717) is 13.1 Å². The Morgan fingerprint density at radius 1 is 1.35 bits per heavy atom. The molecule has 1 amide bonds. The van der Waals surface area contributed by atoms with E-state index < -0.39 is 5.41 Å². The third-order valence-corrected chi connectivity index (χ3v) is 4.18. The Balaban J connectivity index is 2.27. The number of carbonyl (C=O) groups excluding carboxylic acids is 1. The first-order valence-corrected chi connectivity index (χ1v) is 7.36. The highest BCUT2D eigenvalue weighted by Crippen LogP contribution is 2.44. The van der Waals surface area contributed by atoms with Gasteiger partial charge in [-0.3, -0.25) is 4.79 Å². The highest BCUT2D eigenvalue weighted by atomic mass is 16.5. The van der Waals surface area contributed by atoms with E-state index in [1.54, 1.807) is 7.11 Å². The van der Waals surface area contributed by atoms with Crippen LogP contribution in [0.3, 0.4) is 0 Å². The van der Waals surface area contributed by atoms with Crippen LogP contribution in [0.2, 0.25) is 0 Å². The molecule has 0 radical (unpaired) electrons. The molecule has 20 heavy (non-hydrogen) atoms. The van der Waals surface area contributed by atoms with Gasteiger partial charge in [0.15, 0.2) is 0 Å². The summed E-state index contributed by atoms with van der Waals surface area (Å²) in [5, 5.41) is 3.04. The lowest BCUT2D eigenvalue weighted by molar-refractivity contribution is -0.126. The Kier molecular flexibility index (Phi) is 5.01. The number of methoxy groups -OCH3 is 1. The van der Waals surface area contributed by atoms with Crippen molar-refractivity contribution in [3.63, 3.8) is 0 Å². The summed E-state index contributed by atoms with van der Waals surface area (Å²) in [6.07, 6.45) is 4.77. The van der Waals surface area contributed by atoms with Crippen LogP contribution >= 0.6 is 0 Å². The van der Waals surface area contributed by atoms with Crippen molar-refractivity contribution in [2.24, 2.45) is 5.73 Å². The average Bonchev–Trinajstić information content (AvgIpc) is 2.98. The zero-order valence-electron chi connectivity index (χ0n) is 12.2. The molecule has 3 N–H and O–H groups in total. The minimum Gasteiger partial charge on any atom is -0.496 e. The summed E-state index contributed by atoms with van der Waals surface area (Å²) in [4.78, 5) is 12.7. The second-order valence-electron chi connectivity index (χ2n) is 5.39. The predicted molar refractivity (Wildman–Crippen MR) is 79.8 cm³/mol. The Labute approximate surface area is 120 Å². The fourth-order valence-corrected chi connectivity index (χ4v) is 3.11. The zero-order chi connectivity index (χ0) is 14.4. The van der Waals surface area contributed by atoms with Crippen LogP contribution in [0.25, 0.3) is 0 Å². The van der Waals surface area contributed by atoms with Gasteiger partial charge in [0.05, 0.1) is 12.5 Å². The van der Waals surface area contributed by atoms with Crippen molar-refractivity contribution in [3.05, 3.63) is 29.8 Å². The van der Waals surface area contributed by atoms with Gasteiger partial charge in [0.1, 0.15) is 5.75 Å². The van der Waals surface area contributed by atoms with E-state index in [4.69, 9.17) is 10.5 Å². The van der Waals surface area contributed by atoms with Gasteiger partial charge in [-0.05, 0) is 31.9 Å². The monoisotopic (exact) mass is 276 g/mol. The number of carbonyl (C=O) groups is 1. The molecule has 0 saturated heterocycles. The minimum atomic E-state index is -0.429. The van der Waals surface area contributed by atoms with Gasteiger partial charge in [-0.1, -0.05) is 31.0 Å².